The van der Waals surface area contributed by atoms with E-state index in [4.69, 9.17) is 14.2 Å². The summed E-state index contributed by atoms with van der Waals surface area (Å²) in [7, 11) is 0. The Labute approximate surface area is 131 Å². The summed E-state index contributed by atoms with van der Waals surface area (Å²) in [6.07, 6.45) is 3.75. The standard InChI is InChI=1S/C18H24O4/c1-2-20-16(19)17(14-15-6-4-3-5-7-15)8-10-18(11-9-17)21-12-13-22-18/h3-7H,2,8-14H2,1H3. The summed E-state index contributed by atoms with van der Waals surface area (Å²) in [6.45, 7) is 3.60. The van der Waals surface area contributed by atoms with Gasteiger partial charge in [0.2, 0.25) is 0 Å². The summed E-state index contributed by atoms with van der Waals surface area (Å²) in [5, 5.41) is 0. The van der Waals surface area contributed by atoms with Crippen molar-refractivity contribution in [2.24, 2.45) is 5.41 Å². The molecular formula is C18H24O4. The van der Waals surface area contributed by atoms with Gasteiger partial charge in [0.15, 0.2) is 5.79 Å². The zero-order valence-electron chi connectivity index (χ0n) is 13.2. The largest absolute Gasteiger partial charge is 0.466 e. The Balaban J connectivity index is 1.77. The molecule has 1 heterocycles. The number of hydrogen-bond donors (Lipinski definition) is 0. The third kappa shape index (κ3) is 3.03. The quantitative estimate of drug-likeness (QED) is 0.802. The topological polar surface area (TPSA) is 44.8 Å². The van der Waals surface area contributed by atoms with E-state index in [1.807, 2.05) is 25.1 Å². The van der Waals surface area contributed by atoms with E-state index in [0.717, 1.165) is 32.1 Å². The number of benzene rings is 1. The van der Waals surface area contributed by atoms with Crippen LogP contribution in [0, 0.1) is 5.41 Å². The third-order valence-electron chi connectivity index (χ3n) is 4.88. The van der Waals surface area contributed by atoms with Gasteiger partial charge in [0, 0.05) is 12.8 Å². The highest BCUT2D eigenvalue weighted by molar-refractivity contribution is 5.77. The SMILES string of the molecule is CCOC(=O)C1(Cc2ccccc2)CCC2(CC1)OCCO2. The molecule has 0 N–H and O–H groups in total. The Morgan fingerprint density at radius 3 is 2.32 bits per heavy atom. The molecule has 2 aliphatic rings. The summed E-state index contributed by atoms with van der Waals surface area (Å²) >= 11 is 0. The molecule has 22 heavy (non-hydrogen) atoms. The highest BCUT2D eigenvalue weighted by Crippen LogP contribution is 2.47. The Kier molecular flexibility index (Phi) is 4.50. The van der Waals surface area contributed by atoms with Crippen molar-refractivity contribution in [3.63, 3.8) is 0 Å². The summed E-state index contributed by atoms with van der Waals surface area (Å²) in [4.78, 5) is 12.6. The first-order valence-corrected chi connectivity index (χ1v) is 8.17. The van der Waals surface area contributed by atoms with Gasteiger partial charge in [0.1, 0.15) is 0 Å². The van der Waals surface area contributed by atoms with Gasteiger partial charge in [0.25, 0.3) is 0 Å². The minimum absolute atomic E-state index is 0.0771. The van der Waals surface area contributed by atoms with Crippen molar-refractivity contribution in [2.75, 3.05) is 19.8 Å². The van der Waals surface area contributed by atoms with E-state index in [2.05, 4.69) is 12.1 Å². The second kappa shape index (κ2) is 6.39. The molecule has 1 saturated heterocycles. The lowest BCUT2D eigenvalue weighted by Gasteiger charge is -2.42. The van der Waals surface area contributed by atoms with E-state index in [-0.39, 0.29) is 5.97 Å². The van der Waals surface area contributed by atoms with E-state index in [9.17, 15) is 4.79 Å². The van der Waals surface area contributed by atoms with Gasteiger partial charge in [-0.3, -0.25) is 4.79 Å². The minimum atomic E-state index is -0.452. The molecule has 0 bridgehead atoms. The van der Waals surface area contributed by atoms with Gasteiger partial charge in [-0.05, 0) is 31.7 Å². The minimum Gasteiger partial charge on any atom is -0.466 e. The number of esters is 1. The fourth-order valence-electron chi connectivity index (χ4n) is 3.62. The Hall–Kier alpha value is -1.39. The smallest absolute Gasteiger partial charge is 0.312 e. The molecule has 2 fully saturated rings. The average molecular weight is 304 g/mol. The molecule has 1 spiro atoms. The highest BCUT2D eigenvalue weighted by Gasteiger charge is 2.50. The summed E-state index contributed by atoms with van der Waals surface area (Å²) in [6, 6.07) is 10.2. The normalized spacial score (nSPS) is 22.6. The monoisotopic (exact) mass is 304 g/mol. The zero-order valence-corrected chi connectivity index (χ0v) is 13.2. The third-order valence-corrected chi connectivity index (χ3v) is 4.88. The predicted octanol–water partition coefficient (Wildman–Crippen LogP) is 3.10. The molecule has 3 rings (SSSR count). The van der Waals surface area contributed by atoms with Gasteiger partial charge in [-0.25, -0.2) is 0 Å². The van der Waals surface area contributed by atoms with Crippen LogP contribution in [0.5, 0.6) is 0 Å². The van der Waals surface area contributed by atoms with Crippen molar-refractivity contribution in [3.8, 4) is 0 Å². The van der Waals surface area contributed by atoms with Crippen LogP contribution < -0.4 is 0 Å². The zero-order chi connectivity index (χ0) is 15.5. The molecular weight excluding hydrogens is 280 g/mol. The first kappa shape index (κ1) is 15.5. The predicted molar refractivity (Wildman–Crippen MR) is 82.3 cm³/mol. The van der Waals surface area contributed by atoms with Gasteiger partial charge < -0.3 is 14.2 Å². The molecule has 0 aromatic heterocycles. The molecule has 0 radical (unpaired) electrons. The van der Waals surface area contributed by atoms with Crippen LogP contribution in [0.4, 0.5) is 0 Å². The van der Waals surface area contributed by atoms with Gasteiger partial charge in [-0.15, -0.1) is 0 Å². The van der Waals surface area contributed by atoms with Crippen LogP contribution in [0.3, 0.4) is 0 Å². The van der Waals surface area contributed by atoms with Crippen molar-refractivity contribution in [1.29, 1.82) is 0 Å². The lowest BCUT2D eigenvalue weighted by molar-refractivity contribution is -0.199. The van der Waals surface area contributed by atoms with Crippen LogP contribution in [0.15, 0.2) is 30.3 Å². The van der Waals surface area contributed by atoms with Crippen molar-refractivity contribution < 1.29 is 19.0 Å². The average Bonchev–Trinajstić information content (AvgIpc) is 3.00. The maximum absolute atomic E-state index is 12.6. The van der Waals surface area contributed by atoms with E-state index < -0.39 is 11.2 Å². The summed E-state index contributed by atoms with van der Waals surface area (Å²) in [5.41, 5.74) is 0.734. The van der Waals surface area contributed by atoms with Crippen molar-refractivity contribution in [3.05, 3.63) is 35.9 Å². The molecule has 1 aliphatic heterocycles. The van der Waals surface area contributed by atoms with Crippen molar-refractivity contribution >= 4 is 5.97 Å². The summed E-state index contributed by atoms with van der Waals surface area (Å²) in [5.74, 6) is -0.529. The number of ether oxygens (including phenoxy) is 3. The Bertz CT molecular complexity index is 495. The molecule has 1 aromatic rings. The Morgan fingerprint density at radius 1 is 1.09 bits per heavy atom. The van der Waals surface area contributed by atoms with Crippen molar-refractivity contribution in [1.82, 2.24) is 0 Å². The first-order chi connectivity index (χ1) is 10.7. The number of rotatable bonds is 4. The molecule has 4 nitrogen and oxygen atoms in total. The van der Waals surface area contributed by atoms with E-state index >= 15 is 0 Å². The van der Waals surface area contributed by atoms with Crippen LogP contribution in [0.25, 0.3) is 0 Å². The van der Waals surface area contributed by atoms with E-state index in [1.54, 1.807) is 0 Å². The number of carbonyl (C=O) groups is 1. The lowest BCUT2D eigenvalue weighted by Crippen LogP contribution is -2.45. The molecule has 0 amide bonds. The van der Waals surface area contributed by atoms with Crippen LogP contribution in [-0.2, 0) is 25.4 Å². The second-order valence-corrected chi connectivity index (χ2v) is 6.27. The van der Waals surface area contributed by atoms with Crippen molar-refractivity contribution in [2.45, 2.75) is 44.8 Å². The fourth-order valence-corrected chi connectivity index (χ4v) is 3.62. The molecule has 0 unspecified atom stereocenters. The van der Waals surface area contributed by atoms with E-state index in [1.165, 1.54) is 5.56 Å². The van der Waals surface area contributed by atoms with Crippen LogP contribution in [0.1, 0.15) is 38.2 Å². The molecule has 1 saturated carbocycles. The number of hydrogen-bond acceptors (Lipinski definition) is 4. The molecule has 4 heteroatoms. The first-order valence-electron chi connectivity index (χ1n) is 8.17. The second-order valence-electron chi connectivity index (χ2n) is 6.27. The fraction of sp³-hybridized carbons (Fsp3) is 0.611. The Morgan fingerprint density at radius 2 is 1.73 bits per heavy atom. The maximum Gasteiger partial charge on any atom is 0.312 e. The van der Waals surface area contributed by atoms with Crippen LogP contribution in [0.2, 0.25) is 0 Å². The van der Waals surface area contributed by atoms with Gasteiger partial charge >= 0.3 is 5.97 Å². The lowest BCUT2D eigenvalue weighted by atomic mass is 9.68. The molecule has 120 valence electrons. The van der Waals surface area contributed by atoms with Gasteiger partial charge in [-0.1, -0.05) is 30.3 Å². The van der Waals surface area contributed by atoms with E-state index in [0.29, 0.717) is 19.8 Å². The number of carbonyl (C=O) groups excluding carboxylic acids is 1. The summed E-state index contributed by atoms with van der Waals surface area (Å²) < 4.78 is 17.0. The highest BCUT2D eigenvalue weighted by atomic mass is 16.7. The molecule has 1 aliphatic carbocycles. The molecule has 1 aromatic carbocycles. The van der Waals surface area contributed by atoms with Gasteiger partial charge in [-0.2, -0.15) is 0 Å². The maximum atomic E-state index is 12.6. The van der Waals surface area contributed by atoms with Gasteiger partial charge in [0.05, 0.1) is 25.2 Å². The van der Waals surface area contributed by atoms with Crippen LogP contribution >= 0.6 is 0 Å². The molecule has 0 atom stereocenters. The van der Waals surface area contributed by atoms with Crippen LogP contribution in [-0.4, -0.2) is 31.6 Å².